The van der Waals surface area contributed by atoms with Gasteiger partial charge in [-0.15, -0.1) is 0 Å². The molecule has 6 heteroatoms. The maximum Gasteiger partial charge on any atom is 0.267 e. The fraction of sp³-hybridized carbons (Fsp3) is 0.286. The predicted molar refractivity (Wildman–Crippen MR) is 74.5 cm³/mol. The molecule has 1 aromatic rings. The second-order valence-electron chi connectivity index (χ2n) is 4.68. The highest BCUT2D eigenvalue weighted by Gasteiger charge is 2.30. The average Bonchev–Trinajstić information content (AvgIpc) is 2.99. The molecule has 5 nitrogen and oxygen atoms in total. The Bertz CT molecular complexity index is 667. The fourth-order valence-electron chi connectivity index (χ4n) is 2.36. The maximum absolute atomic E-state index is 12.3. The number of carbonyl (C=O) groups is 2. The number of piperidine rings is 1. The van der Waals surface area contributed by atoms with Crippen LogP contribution in [0.2, 0.25) is 0 Å². The third-order valence-electron chi connectivity index (χ3n) is 3.42. The first-order valence-corrected chi connectivity index (χ1v) is 7.17. The lowest BCUT2D eigenvalue weighted by Crippen LogP contribution is -2.41. The molecule has 0 N–H and O–H groups in total. The topological polar surface area (TPSA) is 73.5 Å². The monoisotopic (exact) mass is 285 g/mol. The number of carbonyl (C=O) groups excluding carboxylic acids is 2. The first-order valence-electron chi connectivity index (χ1n) is 6.22. The first kappa shape index (κ1) is 12.8. The Kier molecular flexibility index (Phi) is 3.20. The second kappa shape index (κ2) is 5.02. The molecule has 0 saturated carbocycles. The van der Waals surface area contributed by atoms with Crippen molar-refractivity contribution in [2.45, 2.75) is 6.42 Å². The summed E-state index contributed by atoms with van der Waals surface area (Å²) in [6, 6.07) is 3.72. The molecule has 1 saturated heterocycles. The van der Waals surface area contributed by atoms with Gasteiger partial charge in [0.2, 0.25) is 0 Å². The van der Waals surface area contributed by atoms with Gasteiger partial charge in [-0.05, 0) is 17.0 Å². The van der Waals surface area contributed by atoms with Crippen molar-refractivity contribution in [1.29, 1.82) is 5.26 Å². The zero-order valence-corrected chi connectivity index (χ0v) is 11.4. The van der Waals surface area contributed by atoms with Crippen molar-refractivity contribution in [1.82, 2.24) is 4.90 Å². The summed E-state index contributed by atoms with van der Waals surface area (Å²) in [6.07, 6.45) is 2.20. The lowest BCUT2D eigenvalue weighted by atomic mass is 9.94. The van der Waals surface area contributed by atoms with Gasteiger partial charge in [0, 0.05) is 24.9 Å². The number of fused-ring (bicyclic) bond motifs is 1. The minimum atomic E-state index is -0.815. The number of thiophene rings is 1. The number of hydrogen-bond acceptors (Lipinski definition) is 4. The first-order chi connectivity index (χ1) is 9.69. The van der Waals surface area contributed by atoms with E-state index < -0.39 is 11.8 Å². The molecule has 0 spiro atoms. The molecule has 2 amide bonds. The summed E-state index contributed by atoms with van der Waals surface area (Å²) in [6.45, 7) is 0.967. The quantitative estimate of drug-likeness (QED) is 0.787. The number of nitriles is 1. The normalized spacial score (nSPS) is 21.6. The third kappa shape index (κ3) is 2.17. The van der Waals surface area contributed by atoms with E-state index in [2.05, 4.69) is 4.99 Å². The molecular weight excluding hydrogens is 274 g/mol. The van der Waals surface area contributed by atoms with Crippen LogP contribution in [0.3, 0.4) is 0 Å². The van der Waals surface area contributed by atoms with Gasteiger partial charge < -0.3 is 4.90 Å². The number of aliphatic imine (C=N–C) groups is 1. The van der Waals surface area contributed by atoms with Crippen LogP contribution < -0.4 is 0 Å². The molecule has 1 atom stereocenters. The van der Waals surface area contributed by atoms with E-state index in [1.54, 1.807) is 17.0 Å². The average molecular weight is 285 g/mol. The van der Waals surface area contributed by atoms with E-state index in [9.17, 15) is 9.59 Å². The molecule has 3 heterocycles. The smallest absolute Gasteiger partial charge is 0.267 e. The summed E-state index contributed by atoms with van der Waals surface area (Å²) in [7, 11) is 0. The van der Waals surface area contributed by atoms with Gasteiger partial charge in [-0.25, -0.2) is 4.99 Å². The van der Waals surface area contributed by atoms with Crippen LogP contribution in [0.5, 0.6) is 0 Å². The minimum Gasteiger partial charge on any atom is -0.334 e. The molecule has 2 aliphatic rings. The molecule has 0 aromatic carbocycles. The molecule has 0 radical (unpaired) electrons. The number of rotatable bonds is 1. The zero-order chi connectivity index (χ0) is 14.1. The van der Waals surface area contributed by atoms with Crippen molar-refractivity contribution in [2.24, 2.45) is 10.9 Å². The number of hydrogen-bond donors (Lipinski definition) is 0. The second-order valence-corrected chi connectivity index (χ2v) is 5.46. The molecule has 3 rings (SSSR count). The molecule has 1 unspecified atom stereocenters. The summed E-state index contributed by atoms with van der Waals surface area (Å²) in [5.41, 5.74) is 2.22. The highest BCUT2D eigenvalue weighted by atomic mass is 32.1. The summed E-state index contributed by atoms with van der Waals surface area (Å²) >= 11 is 1.49. The molecular formula is C14H11N3O2S. The van der Waals surface area contributed by atoms with Crippen molar-refractivity contribution in [3.05, 3.63) is 34.0 Å². The Morgan fingerprint density at radius 1 is 1.55 bits per heavy atom. The van der Waals surface area contributed by atoms with Gasteiger partial charge in [0.1, 0.15) is 5.92 Å². The highest BCUT2D eigenvalue weighted by Crippen LogP contribution is 2.23. The van der Waals surface area contributed by atoms with Crippen molar-refractivity contribution < 1.29 is 9.59 Å². The van der Waals surface area contributed by atoms with Crippen molar-refractivity contribution in [2.75, 3.05) is 13.1 Å². The molecule has 1 aromatic heterocycles. The van der Waals surface area contributed by atoms with Gasteiger partial charge >= 0.3 is 0 Å². The molecule has 20 heavy (non-hydrogen) atoms. The van der Waals surface area contributed by atoms with Crippen LogP contribution in [-0.4, -0.2) is 35.5 Å². The Morgan fingerprint density at radius 2 is 2.40 bits per heavy atom. The van der Waals surface area contributed by atoms with E-state index in [1.165, 1.54) is 11.3 Å². The Balaban J connectivity index is 1.82. The third-order valence-corrected chi connectivity index (χ3v) is 4.11. The van der Waals surface area contributed by atoms with Gasteiger partial charge in [0.15, 0.2) is 0 Å². The van der Waals surface area contributed by atoms with E-state index in [0.29, 0.717) is 25.1 Å². The number of dihydropyridines is 1. The van der Waals surface area contributed by atoms with Crippen molar-refractivity contribution >= 4 is 28.9 Å². The summed E-state index contributed by atoms with van der Waals surface area (Å²) in [5.74, 6) is -1.23. The summed E-state index contributed by atoms with van der Waals surface area (Å²) in [4.78, 5) is 29.5. The molecule has 0 aliphatic carbocycles. The number of likely N-dealkylation sites (tertiary alicyclic amines) is 1. The van der Waals surface area contributed by atoms with Gasteiger partial charge in [-0.2, -0.15) is 16.6 Å². The Hall–Kier alpha value is -2.26. The lowest BCUT2D eigenvalue weighted by Gasteiger charge is -2.31. The minimum absolute atomic E-state index is 0.0170. The lowest BCUT2D eigenvalue weighted by molar-refractivity contribution is -0.119. The number of nitrogens with zero attached hydrogens (tertiary/aromatic N) is 3. The van der Waals surface area contributed by atoms with Crippen LogP contribution in [-0.2, 0) is 4.79 Å². The molecule has 2 aliphatic heterocycles. The fourth-order valence-corrected chi connectivity index (χ4v) is 2.99. The Morgan fingerprint density at radius 3 is 3.10 bits per heavy atom. The van der Waals surface area contributed by atoms with E-state index in [1.807, 2.05) is 16.8 Å². The van der Waals surface area contributed by atoms with Gasteiger partial charge in [-0.1, -0.05) is 6.08 Å². The summed E-state index contributed by atoms with van der Waals surface area (Å²) < 4.78 is 0. The van der Waals surface area contributed by atoms with Crippen LogP contribution in [0, 0.1) is 17.2 Å². The summed E-state index contributed by atoms with van der Waals surface area (Å²) in [5, 5.41) is 12.6. The van der Waals surface area contributed by atoms with Gasteiger partial charge in [0.25, 0.3) is 11.8 Å². The molecule has 100 valence electrons. The van der Waals surface area contributed by atoms with E-state index in [-0.39, 0.29) is 5.91 Å². The number of amides is 2. The van der Waals surface area contributed by atoms with Gasteiger partial charge in [0.05, 0.1) is 17.3 Å². The SMILES string of the molecule is N#CC1C=C2CN(C(=O)c3ccsc3)CCC2=NC1=O. The largest absolute Gasteiger partial charge is 0.334 e. The highest BCUT2D eigenvalue weighted by molar-refractivity contribution is 7.08. The zero-order valence-electron chi connectivity index (χ0n) is 10.6. The van der Waals surface area contributed by atoms with Crippen molar-refractivity contribution in [3.63, 3.8) is 0 Å². The standard InChI is InChI=1S/C14H11N3O2S/c15-6-10-5-11-7-17(3-1-12(11)16-13(10)18)14(19)9-2-4-20-8-9/h2,4-5,8,10H,1,3,7H2. The van der Waals surface area contributed by atoms with Crippen molar-refractivity contribution in [3.8, 4) is 6.07 Å². The van der Waals surface area contributed by atoms with E-state index in [0.717, 1.165) is 11.3 Å². The Labute approximate surface area is 119 Å². The van der Waals surface area contributed by atoms with Crippen LogP contribution in [0.25, 0.3) is 0 Å². The van der Waals surface area contributed by atoms with E-state index in [4.69, 9.17) is 5.26 Å². The van der Waals surface area contributed by atoms with Crippen LogP contribution in [0.15, 0.2) is 33.5 Å². The predicted octanol–water partition coefficient (Wildman–Crippen LogP) is 1.64. The van der Waals surface area contributed by atoms with Crippen LogP contribution in [0.1, 0.15) is 16.8 Å². The maximum atomic E-state index is 12.3. The molecule has 0 bridgehead atoms. The van der Waals surface area contributed by atoms with Gasteiger partial charge in [-0.3, -0.25) is 9.59 Å². The van der Waals surface area contributed by atoms with Crippen LogP contribution >= 0.6 is 11.3 Å². The molecule has 1 fully saturated rings. The van der Waals surface area contributed by atoms with E-state index >= 15 is 0 Å². The van der Waals surface area contributed by atoms with Crippen LogP contribution in [0.4, 0.5) is 0 Å².